The largest absolute Gasteiger partial charge is 0.367 e. The van der Waals surface area contributed by atoms with Crippen LogP contribution in [0.5, 0.6) is 0 Å². The van der Waals surface area contributed by atoms with Crippen LogP contribution < -0.4 is 15.5 Å². The lowest BCUT2D eigenvalue weighted by atomic mass is 9.53. The topological polar surface area (TPSA) is 64.7 Å². The SMILES string of the molecule is CC(C(=O)NC(=O)NC12CC3CC(CC(C3)C1)C2)N1CCN(c2ccccc2F)CC1. The number of carbonyl (C=O) groups excluding carboxylic acids is 2. The minimum absolute atomic E-state index is 0.103. The van der Waals surface area contributed by atoms with E-state index < -0.39 is 6.04 Å². The zero-order valence-electron chi connectivity index (χ0n) is 18.3. The van der Waals surface area contributed by atoms with Crippen molar-refractivity contribution in [1.29, 1.82) is 0 Å². The zero-order valence-corrected chi connectivity index (χ0v) is 18.3. The summed E-state index contributed by atoms with van der Waals surface area (Å²) in [4.78, 5) is 29.5. The number of imide groups is 1. The Bertz CT molecular complexity index is 816. The molecule has 5 aliphatic rings. The molecular formula is C24H33FN4O2. The van der Waals surface area contributed by atoms with Crippen molar-refractivity contribution in [2.45, 2.75) is 57.0 Å². The highest BCUT2D eigenvalue weighted by Crippen LogP contribution is 2.55. The van der Waals surface area contributed by atoms with Gasteiger partial charge in [-0.15, -0.1) is 0 Å². The normalized spacial score (nSPS) is 33.2. The van der Waals surface area contributed by atoms with Gasteiger partial charge in [0, 0.05) is 31.7 Å². The number of nitrogens with one attached hydrogen (secondary N) is 2. The Kier molecular flexibility index (Phi) is 5.40. The molecule has 4 aliphatic carbocycles. The lowest BCUT2D eigenvalue weighted by Gasteiger charge is -2.56. The predicted molar refractivity (Wildman–Crippen MR) is 117 cm³/mol. The Labute approximate surface area is 183 Å². The molecule has 2 N–H and O–H groups in total. The molecule has 1 atom stereocenters. The number of amides is 3. The molecule has 4 bridgehead atoms. The number of urea groups is 1. The van der Waals surface area contributed by atoms with Crippen LogP contribution in [-0.2, 0) is 4.79 Å². The van der Waals surface area contributed by atoms with E-state index in [1.807, 2.05) is 17.9 Å². The Morgan fingerprint density at radius 1 is 1.00 bits per heavy atom. The van der Waals surface area contributed by atoms with Gasteiger partial charge in [0.1, 0.15) is 5.82 Å². The van der Waals surface area contributed by atoms with Gasteiger partial charge in [0.25, 0.3) is 0 Å². The minimum atomic E-state index is -0.398. The molecule has 1 aromatic rings. The number of nitrogens with zero attached hydrogens (tertiary/aromatic N) is 2. The van der Waals surface area contributed by atoms with Crippen LogP contribution in [0.1, 0.15) is 45.4 Å². The number of piperazine rings is 1. The van der Waals surface area contributed by atoms with Crippen molar-refractivity contribution in [3.8, 4) is 0 Å². The molecule has 1 unspecified atom stereocenters. The third-order valence-corrected chi connectivity index (χ3v) is 8.09. The van der Waals surface area contributed by atoms with Crippen LogP contribution in [0.15, 0.2) is 24.3 Å². The standard InChI is InChI=1S/C24H33FN4O2/c1-16(28-6-8-29(9-7-28)21-5-3-2-4-20(21)25)22(30)26-23(31)27-24-13-17-10-18(14-24)12-19(11-17)15-24/h2-5,16-19H,6-15H2,1H3,(H2,26,27,30,31). The number of hydrogen-bond donors (Lipinski definition) is 2. The molecule has 6 rings (SSSR count). The molecule has 4 saturated carbocycles. The summed E-state index contributed by atoms with van der Waals surface area (Å²) in [6, 6.07) is 6.05. The quantitative estimate of drug-likeness (QED) is 0.774. The fourth-order valence-electron chi connectivity index (χ4n) is 6.98. The fraction of sp³-hybridized carbons (Fsp3) is 0.667. The molecule has 0 aromatic heterocycles. The summed E-state index contributed by atoms with van der Waals surface area (Å²) in [5.74, 6) is 1.75. The van der Waals surface area contributed by atoms with Gasteiger partial charge in [-0.3, -0.25) is 15.0 Å². The van der Waals surface area contributed by atoms with Crippen LogP contribution in [0.25, 0.3) is 0 Å². The van der Waals surface area contributed by atoms with E-state index in [-0.39, 0.29) is 23.3 Å². The third-order valence-electron chi connectivity index (χ3n) is 8.09. The number of carbonyl (C=O) groups is 2. The molecule has 1 heterocycles. The molecule has 6 nitrogen and oxygen atoms in total. The van der Waals surface area contributed by atoms with Gasteiger partial charge in [0.15, 0.2) is 0 Å². The van der Waals surface area contributed by atoms with E-state index in [1.54, 1.807) is 12.1 Å². The van der Waals surface area contributed by atoms with E-state index in [0.29, 0.717) is 31.9 Å². The van der Waals surface area contributed by atoms with Gasteiger partial charge in [0.05, 0.1) is 11.7 Å². The smallest absolute Gasteiger partial charge is 0.321 e. The maximum absolute atomic E-state index is 14.0. The molecule has 0 spiro atoms. The van der Waals surface area contributed by atoms with Gasteiger partial charge in [-0.2, -0.15) is 0 Å². The molecule has 7 heteroatoms. The van der Waals surface area contributed by atoms with E-state index in [4.69, 9.17) is 0 Å². The molecule has 5 fully saturated rings. The van der Waals surface area contributed by atoms with Gasteiger partial charge >= 0.3 is 6.03 Å². The summed E-state index contributed by atoms with van der Waals surface area (Å²) >= 11 is 0. The lowest BCUT2D eigenvalue weighted by molar-refractivity contribution is -0.125. The third kappa shape index (κ3) is 4.16. The van der Waals surface area contributed by atoms with Crippen LogP contribution in [0.3, 0.4) is 0 Å². The lowest BCUT2D eigenvalue weighted by Crippen LogP contribution is -2.63. The first-order valence-electron chi connectivity index (χ1n) is 11.8. The maximum atomic E-state index is 14.0. The first-order valence-corrected chi connectivity index (χ1v) is 11.8. The average molecular weight is 429 g/mol. The number of para-hydroxylation sites is 1. The van der Waals surface area contributed by atoms with Crippen LogP contribution in [0.4, 0.5) is 14.9 Å². The zero-order chi connectivity index (χ0) is 21.6. The molecule has 31 heavy (non-hydrogen) atoms. The number of benzene rings is 1. The second-order valence-electron chi connectivity index (χ2n) is 10.3. The predicted octanol–water partition coefficient (Wildman–Crippen LogP) is 3.13. The van der Waals surface area contributed by atoms with Gasteiger partial charge in [0.2, 0.25) is 5.91 Å². The summed E-state index contributed by atoms with van der Waals surface area (Å²) in [5.41, 5.74) is 0.502. The Hall–Kier alpha value is -2.15. The second-order valence-corrected chi connectivity index (χ2v) is 10.3. The fourth-order valence-corrected chi connectivity index (χ4v) is 6.98. The van der Waals surface area contributed by atoms with E-state index in [1.165, 1.54) is 25.3 Å². The Morgan fingerprint density at radius 3 is 2.16 bits per heavy atom. The summed E-state index contributed by atoms with van der Waals surface area (Å²) in [5, 5.41) is 5.81. The average Bonchev–Trinajstić information content (AvgIpc) is 2.72. The van der Waals surface area contributed by atoms with Gasteiger partial charge in [-0.25, -0.2) is 9.18 Å². The first-order chi connectivity index (χ1) is 14.9. The molecule has 1 saturated heterocycles. The Balaban J connectivity index is 1.12. The van der Waals surface area contributed by atoms with E-state index in [2.05, 4.69) is 15.5 Å². The van der Waals surface area contributed by atoms with Crippen molar-refractivity contribution in [3.63, 3.8) is 0 Å². The van der Waals surface area contributed by atoms with Crippen molar-refractivity contribution in [2.75, 3.05) is 31.1 Å². The molecule has 1 aliphatic heterocycles. The maximum Gasteiger partial charge on any atom is 0.321 e. The highest BCUT2D eigenvalue weighted by molar-refractivity contribution is 5.97. The summed E-state index contributed by atoms with van der Waals surface area (Å²) in [6.45, 7) is 4.45. The highest BCUT2D eigenvalue weighted by Gasteiger charge is 2.51. The number of rotatable bonds is 4. The monoisotopic (exact) mass is 428 g/mol. The van der Waals surface area contributed by atoms with E-state index >= 15 is 0 Å². The van der Waals surface area contributed by atoms with Crippen LogP contribution in [-0.4, -0.2) is 54.6 Å². The number of hydrogen-bond acceptors (Lipinski definition) is 4. The summed E-state index contributed by atoms with van der Waals surface area (Å²) < 4.78 is 14.0. The highest BCUT2D eigenvalue weighted by atomic mass is 19.1. The van der Waals surface area contributed by atoms with Crippen molar-refractivity contribution in [3.05, 3.63) is 30.1 Å². The summed E-state index contributed by atoms with van der Waals surface area (Å²) in [6.07, 6.45) is 7.14. The van der Waals surface area contributed by atoms with Gasteiger partial charge < -0.3 is 10.2 Å². The second kappa shape index (κ2) is 8.08. The molecule has 1 aromatic carbocycles. The number of halogens is 1. The van der Waals surface area contributed by atoms with Gasteiger partial charge in [-0.05, 0) is 75.3 Å². The van der Waals surface area contributed by atoms with E-state index in [0.717, 1.165) is 37.0 Å². The molecule has 0 radical (unpaired) electrons. The van der Waals surface area contributed by atoms with Gasteiger partial charge in [-0.1, -0.05) is 12.1 Å². The minimum Gasteiger partial charge on any atom is -0.367 e. The summed E-state index contributed by atoms with van der Waals surface area (Å²) in [7, 11) is 0. The Morgan fingerprint density at radius 2 is 1.58 bits per heavy atom. The van der Waals surface area contributed by atoms with E-state index in [9.17, 15) is 14.0 Å². The molecule has 168 valence electrons. The van der Waals surface area contributed by atoms with Crippen LogP contribution >= 0.6 is 0 Å². The molecule has 3 amide bonds. The first kappa shape index (κ1) is 20.7. The van der Waals surface area contributed by atoms with Crippen molar-refractivity contribution in [2.24, 2.45) is 17.8 Å². The number of anilines is 1. The van der Waals surface area contributed by atoms with Crippen LogP contribution in [0.2, 0.25) is 0 Å². The van der Waals surface area contributed by atoms with Crippen molar-refractivity contribution >= 4 is 17.6 Å². The van der Waals surface area contributed by atoms with Crippen LogP contribution in [0, 0.1) is 23.6 Å². The van der Waals surface area contributed by atoms with Crippen molar-refractivity contribution in [1.82, 2.24) is 15.5 Å². The van der Waals surface area contributed by atoms with Crippen molar-refractivity contribution < 1.29 is 14.0 Å². The molecular weight excluding hydrogens is 395 g/mol.